The van der Waals surface area contributed by atoms with E-state index in [1.807, 2.05) is 0 Å². The monoisotopic (exact) mass is 268 g/mol. The fourth-order valence-corrected chi connectivity index (χ4v) is 2.35. The van der Waals surface area contributed by atoms with Gasteiger partial charge in [-0.15, -0.1) is 0 Å². The maximum Gasteiger partial charge on any atom is 0.261 e. The van der Waals surface area contributed by atoms with Gasteiger partial charge in [0.2, 0.25) is 0 Å². The number of para-hydroxylation sites is 1. The van der Waals surface area contributed by atoms with Crippen LogP contribution in [0.25, 0.3) is 0 Å². The van der Waals surface area contributed by atoms with E-state index in [1.54, 1.807) is 36.4 Å². The van der Waals surface area contributed by atoms with E-state index in [0.29, 0.717) is 16.8 Å². The first-order valence-electron chi connectivity index (χ1n) is 6.18. The van der Waals surface area contributed by atoms with E-state index in [0.717, 1.165) is 0 Å². The van der Waals surface area contributed by atoms with Crippen LogP contribution in [0.15, 0.2) is 48.8 Å². The molecule has 1 aliphatic rings. The van der Waals surface area contributed by atoms with Crippen LogP contribution in [0.3, 0.4) is 0 Å². The molecular weight excluding hydrogens is 256 g/mol. The summed E-state index contributed by atoms with van der Waals surface area (Å²) in [6.45, 7) is 0. The molecule has 0 saturated heterocycles. The molecule has 0 unspecified atom stereocenters. The molecule has 1 aliphatic heterocycles. The number of nitrogens with zero attached hydrogens (tertiary/aromatic N) is 1. The van der Waals surface area contributed by atoms with Crippen LogP contribution < -0.4 is 5.32 Å². The summed E-state index contributed by atoms with van der Waals surface area (Å²) in [6.07, 6.45) is 2.71. The van der Waals surface area contributed by atoms with Crippen LogP contribution in [0.5, 0.6) is 0 Å². The number of carbonyl (C=O) groups is 2. The number of fused-ring (bicyclic) bond motifs is 1. The third-order valence-corrected chi connectivity index (χ3v) is 3.42. The van der Waals surface area contributed by atoms with Gasteiger partial charge in [-0.3, -0.25) is 14.6 Å². The van der Waals surface area contributed by atoms with Crippen molar-refractivity contribution in [2.45, 2.75) is 12.0 Å². The van der Waals surface area contributed by atoms with Crippen LogP contribution in [0, 0.1) is 0 Å². The number of ketones is 1. The summed E-state index contributed by atoms with van der Waals surface area (Å²) in [4.78, 5) is 28.0. The molecule has 1 aromatic carbocycles. The molecule has 3 rings (SSSR count). The lowest BCUT2D eigenvalue weighted by atomic mass is 9.88. The van der Waals surface area contributed by atoms with Crippen molar-refractivity contribution in [1.29, 1.82) is 0 Å². The van der Waals surface area contributed by atoms with E-state index in [-0.39, 0.29) is 12.2 Å². The van der Waals surface area contributed by atoms with Crippen molar-refractivity contribution in [3.8, 4) is 0 Å². The molecule has 0 bridgehead atoms. The topological polar surface area (TPSA) is 79.3 Å². The summed E-state index contributed by atoms with van der Waals surface area (Å²) in [5.74, 6) is -0.872. The minimum Gasteiger partial charge on any atom is -0.375 e. The standard InChI is InChI=1S/C15H12N2O3/c18-13(10-5-7-16-8-6-10)9-15(20)11-3-1-2-4-12(11)17-14(15)19/h1-8,20H,9H2,(H,17,19)/t15-/m1/s1. The first-order chi connectivity index (χ1) is 9.61. The van der Waals surface area contributed by atoms with Crippen molar-refractivity contribution in [3.05, 3.63) is 59.9 Å². The number of rotatable bonds is 3. The lowest BCUT2D eigenvalue weighted by molar-refractivity contribution is -0.133. The predicted molar refractivity (Wildman–Crippen MR) is 72.2 cm³/mol. The Kier molecular flexibility index (Phi) is 2.84. The minimum atomic E-state index is -1.81. The average Bonchev–Trinajstić information content (AvgIpc) is 2.72. The number of aromatic nitrogens is 1. The molecule has 0 spiro atoms. The molecule has 5 heteroatoms. The number of Topliss-reactive ketones (excluding diaryl/α,β-unsaturated/α-hetero) is 1. The molecule has 100 valence electrons. The summed E-state index contributed by atoms with van der Waals surface area (Å²) < 4.78 is 0. The number of aliphatic hydroxyl groups is 1. The first kappa shape index (κ1) is 12.5. The zero-order chi connectivity index (χ0) is 14.2. The van der Waals surface area contributed by atoms with Crippen LogP contribution in [-0.2, 0) is 10.4 Å². The van der Waals surface area contributed by atoms with Gasteiger partial charge in [0, 0.05) is 29.2 Å². The Hall–Kier alpha value is -2.53. The summed E-state index contributed by atoms with van der Waals surface area (Å²) in [7, 11) is 0. The van der Waals surface area contributed by atoms with Crippen molar-refractivity contribution >= 4 is 17.4 Å². The fraction of sp³-hybridized carbons (Fsp3) is 0.133. The van der Waals surface area contributed by atoms with Crippen LogP contribution >= 0.6 is 0 Å². The normalized spacial score (nSPS) is 20.4. The van der Waals surface area contributed by atoms with Gasteiger partial charge in [-0.2, -0.15) is 0 Å². The van der Waals surface area contributed by atoms with Crippen LogP contribution in [-0.4, -0.2) is 21.8 Å². The average molecular weight is 268 g/mol. The molecule has 1 atom stereocenters. The van der Waals surface area contributed by atoms with Crippen molar-refractivity contribution in [3.63, 3.8) is 0 Å². The van der Waals surface area contributed by atoms with Gasteiger partial charge in [-0.1, -0.05) is 18.2 Å². The molecule has 0 saturated carbocycles. The number of hydrogen-bond donors (Lipinski definition) is 2. The Bertz CT molecular complexity index is 685. The third kappa shape index (κ3) is 1.88. The van der Waals surface area contributed by atoms with Gasteiger partial charge >= 0.3 is 0 Å². The van der Waals surface area contributed by atoms with E-state index < -0.39 is 11.5 Å². The van der Waals surface area contributed by atoms with Gasteiger partial charge in [-0.25, -0.2) is 0 Å². The Labute approximate surface area is 115 Å². The fourth-order valence-electron chi connectivity index (χ4n) is 2.35. The van der Waals surface area contributed by atoms with Crippen LogP contribution in [0.4, 0.5) is 5.69 Å². The van der Waals surface area contributed by atoms with E-state index in [1.165, 1.54) is 12.4 Å². The molecule has 2 aromatic rings. The molecule has 0 fully saturated rings. The number of hydrogen-bond acceptors (Lipinski definition) is 4. The largest absolute Gasteiger partial charge is 0.375 e. The molecule has 20 heavy (non-hydrogen) atoms. The maximum absolute atomic E-state index is 12.2. The second-order valence-corrected chi connectivity index (χ2v) is 4.70. The second-order valence-electron chi connectivity index (χ2n) is 4.70. The molecule has 1 amide bonds. The third-order valence-electron chi connectivity index (χ3n) is 3.42. The predicted octanol–water partition coefficient (Wildman–Crippen LogP) is 1.49. The van der Waals surface area contributed by atoms with Crippen molar-refractivity contribution in [2.24, 2.45) is 0 Å². The highest BCUT2D eigenvalue weighted by molar-refractivity contribution is 6.09. The van der Waals surface area contributed by atoms with Gasteiger partial charge in [0.25, 0.3) is 5.91 Å². The summed E-state index contributed by atoms with van der Waals surface area (Å²) >= 11 is 0. The Balaban J connectivity index is 1.94. The lowest BCUT2D eigenvalue weighted by Gasteiger charge is -2.19. The lowest BCUT2D eigenvalue weighted by Crippen LogP contribution is -2.36. The van der Waals surface area contributed by atoms with E-state index in [9.17, 15) is 14.7 Å². The molecule has 2 N–H and O–H groups in total. The van der Waals surface area contributed by atoms with Crippen molar-refractivity contribution in [2.75, 3.05) is 5.32 Å². The Morgan fingerprint density at radius 3 is 2.65 bits per heavy atom. The van der Waals surface area contributed by atoms with Crippen molar-refractivity contribution < 1.29 is 14.7 Å². The quantitative estimate of drug-likeness (QED) is 0.827. The van der Waals surface area contributed by atoms with E-state index >= 15 is 0 Å². The Morgan fingerprint density at radius 1 is 1.20 bits per heavy atom. The Morgan fingerprint density at radius 2 is 1.90 bits per heavy atom. The first-order valence-corrected chi connectivity index (χ1v) is 6.18. The molecule has 0 radical (unpaired) electrons. The van der Waals surface area contributed by atoms with Gasteiger partial charge in [0.1, 0.15) is 0 Å². The van der Waals surface area contributed by atoms with Gasteiger partial charge in [0.05, 0.1) is 6.42 Å². The summed E-state index contributed by atoms with van der Waals surface area (Å²) in [5.41, 5.74) is -0.405. The number of nitrogens with one attached hydrogen (secondary N) is 1. The van der Waals surface area contributed by atoms with Crippen molar-refractivity contribution in [1.82, 2.24) is 4.98 Å². The van der Waals surface area contributed by atoms with Gasteiger partial charge in [-0.05, 0) is 18.2 Å². The molecule has 1 aromatic heterocycles. The molecule has 5 nitrogen and oxygen atoms in total. The SMILES string of the molecule is O=C(C[C@]1(O)C(=O)Nc2ccccc21)c1ccncc1. The molecular formula is C15H12N2O3. The van der Waals surface area contributed by atoms with Gasteiger partial charge < -0.3 is 10.4 Å². The summed E-state index contributed by atoms with van der Waals surface area (Å²) in [5, 5.41) is 13.2. The molecule has 0 aliphatic carbocycles. The summed E-state index contributed by atoms with van der Waals surface area (Å²) in [6, 6.07) is 9.95. The zero-order valence-electron chi connectivity index (χ0n) is 10.5. The highest BCUT2D eigenvalue weighted by atomic mass is 16.3. The van der Waals surface area contributed by atoms with E-state index in [2.05, 4.69) is 10.3 Å². The zero-order valence-corrected chi connectivity index (χ0v) is 10.5. The smallest absolute Gasteiger partial charge is 0.261 e. The minimum absolute atomic E-state index is 0.292. The highest BCUT2D eigenvalue weighted by Gasteiger charge is 2.46. The van der Waals surface area contributed by atoms with Crippen LogP contribution in [0.1, 0.15) is 22.3 Å². The molecule has 2 heterocycles. The number of anilines is 1. The number of pyridine rings is 1. The van der Waals surface area contributed by atoms with Crippen LogP contribution in [0.2, 0.25) is 0 Å². The second kappa shape index (κ2) is 4.54. The highest BCUT2D eigenvalue weighted by Crippen LogP contribution is 2.38. The number of carbonyl (C=O) groups excluding carboxylic acids is 2. The van der Waals surface area contributed by atoms with E-state index in [4.69, 9.17) is 0 Å². The number of benzene rings is 1. The maximum atomic E-state index is 12.2. The number of amides is 1. The van der Waals surface area contributed by atoms with Gasteiger partial charge in [0.15, 0.2) is 11.4 Å².